The molecular formula is C21H23NO2. The summed E-state index contributed by atoms with van der Waals surface area (Å²) in [4.78, 5) is 12.4. The zero-order chi connectivity index (χ0) is 16.9. The minimum Gasteiger partial charge on any atom is -0.459 e. The number of furan rings is 1. The summed E-state index contributed by atoms with van der Waals surface area (Å²) in [7, 11) is 0. The van der Waals surface area contributed by atoms with Gasteiger partial charge in [-0.1, -0.05) is 62.4 Å². The van der Waals surface area contributed by atoms with Crippen molar-refractivity contribution in [3.63, 3.8) is 0 Å². The van der Waals surface area contributed by atoms with Gasteiger partial charge in [0.15, 0.2) is 0 Å². The van der Waals surface area contributed by atoms with Crippen LogP contribution in [0.4, 0.5) is 0 Å². The van der Waals surface area contributed by atoms with Crippen molar-refractivity contribution in [1.29, 1.82) is 0 Å². The van der Waals surface area contributed by atoms with E-state index in [0.717, 1.165) is 28.7 Å². The Kier molecular flexibility index (Phi) is 4.99. The molecule has 2 aromatic carbocycles. The van der Waals surface area contributed by atoms with Gasteiger partial charge in [-0.05, 0) is 30.0 Å². The Morgan fingerprint density at radius 3 is 2.46 bits per heavy atom. The van der Waals surface area contributed by atoms with E-state index in [9.17, 15) is 4.79 Å². The van der Waals surface area contributed by atoms with Crippen LogP contribution in [0.5, 0.6) is 0 Å². The minimum atomic E-state index is -0.265. The first-order valence-electron chi connectivity index (χ1n) is 8.46. The molecule has 3 aromatic rings. The fraction of sp³-hybridized carbons (Fsp3) is 0.286. The zero-order valence-corrected chi connectivity index (χ0v) is 14.2. The molecule has 3 rings (SSSR count). The molecule has 1 atom stereocenters. The lowest BCUT2D eigenvalue weighted by atomic mass is 10.0. The summed E-state index contributed by atoms with van der Waals surface area (Å²) in [6.07, 6.45) is 1.41. The number of amides is 1. The van der Waals surface area contributed by atoms with E-state index in [-0.39, 0.29) is 11.9 Å². The predicted octanol–water partition coefficient (Wildman–Crippen LogP) is 5.07. The van der Waals surface area contributed by atoms with Gasteiger partial charge in [0.2, 0.25) is 5.91 Å². The van der Waals surface area contributed by atoms with Gasteiger partial charge in [0.25, 0.3) is 0 Å². The van der Waals surface area contributed by atoms with Crippen molar-refractivity contribution < 1.29 is 9.21 Å². The molecule has 0 saturated heterocycles. The van der Waals surface area contributed by atoms with Crippen LogP contribution < -0.4 is 5.32 Å². The van der Waals surface area contributed by atoms with Gasteiger partial charge >= 0.3 is 0 Å². The molecule has 3 nitrogen and oxygen atoms in total. The lowest BCUT2D eigenvalue weighted by Crippen LogP contribution is -2.29. The minimum absolute atomic E-state index is 0.0537. The lowest BCUT2D eigenvalue weighted by molar-refractivity contribution is -0.122. The second-order valence-electron chi connectivity index (χ2n) is 6.53. The average molecular weight is 321 g/mol. The highest BCUT2D eigenvalue weighted by molar-refractivity contribution is 5.79. The van der Waals surface area contributed by atoms with Crippen molar-refractivity contribution in [2.24, 2.45) is 5.92 Å². The quantitative estimate of drug-likeness (QED) is 0.688. The van der Waals surface area contributed by atoms with E-state index in [0.29, 0.717) is 12.3 Å². The summed E-state index contributed by atoms with van der Waals surface area (Å²) in [6.45, 7) is 4.25. The Bertz CT molecular complexity index is 772. The van der Waals surface area contributed by atoms with Gasteiger partial charge in [-0.25, -0.2) is 0 Å². The first-order valence-corrected chi connectivity index (χ1v) is 8.46. The standard InChI is InChI=1S/C21H23NO2/c1-15(2)12-13-20(23)22-21(16-8-4-3-5-9-16)19-14-17-10-6-7-11-18(17)24-19/h3-11,14-15,21H,12-13H2,1-2H3,(H,22,23)/t21-/m0/s1. The second-order valence-corrected chi connectivity index (χ2v) is 6.53. The third kappa shape index (κ3) is 3.85. The third-order valence-corrected chi connectivity index (χ3v) is 4.12. The lowest BCUT2D eigenvalue weighted by Gasteiger charge is -2.17. The Hall–Kier alpha value is -2.55. The van der Waals surface area contributed by atoms with Gasteiger partial charge in [-0.15, -0.1) is 0 Å². The van der Waals surface area contributed by atoms with E-state index in [1.165, 1.54) is 0 Å². The Morgan fingerprint density at radius 1 is 1.04 bits per heavy atom. The number of nitrogens with one attached hydrogen (secondary N) is 1. The van der Waals surface area contributed by atoms with Gasteiger partial charge in [0.1, 0.15) is 17.4 Å². The number of benzene rings is 2. The van der Waals surface area contributed by atoms with E-state index >= 15 is 0 Å². The number of hydrogen-bond donors (Lipinski definition) is 1. The Morgan fingerprint density at radius 2 is 1.75 bits per heavy atom. The molecule has 124 valence electrons. The first-order chi connectivity index (χ1) is 11.6. The molecule has 1 amide bonds. The number of rotatable bonds is 6. The molecule has 0 spiro atoms. The topological polar surface area (TPSA) is 42.2 Å². The average Bonchev–Trinajstić information content (AvgIpc) is 3.02. The Balaban J connectivity index is 1.89. The van der Waals surface area contributed by atoms with Gasteiger partial charge in [0.05, 0.1) is 0 Å². The first kappa shape index (κ1) is 16.3. The van der Waals surface area contributed by atoms with Crippen LogP contribution >= 0.6 is 0 Å². The highest BCUT2D eigenvalue weighted by Crippen LogP contribution is 2.28. The largest absolute Gasteiger partial charge is 0.459 e. The molecule has 1 N–H and O–H groups in total. The summed E-state index contributed by atoms with van der Waals surface area (Å²) in [5.41, 5.74) is 1.86. The van der Waals surface area contributed by atoms with E-state index in [1.807, 2.05) is 60.7 Å². The van der Waals surface area contributed by atoms with Crippen LogP contribution in [0.1, 0.15) is 44.1 Å². The molecular weight excluding hydrogens is 298 g/mol. The maximum absolute atomic E-state index is 12.4. The van der Waals surface area contributed by atoms with Crippen LogP contribution in [-0.2, 0) is 4.79 Å². The van der Waals surface area contributed by atoms with Gasteiger partial charge < -0.3 is 9.73 Å². The zero-order valence-electron chi connectivity index (χ0n) is 14.2. The maximum Gasteiger partial charge on any atom is 0.220 e. The van der Waals surface area contributed by atoms with Gasteiger partial charge in [-0.3, -0.25) is 4.79 Å². The second kappa shape index (κ2) is 7.35. The van der Waals surface area contributed by atoms with E-state index in [1.54, 1.807) is 0 Å². The number of para-hydroxylation sites is 1. The molecule has 0 aliphatic heterocycles. The van der Waals surface area contributed by atoms with Crippen molar-refractivity contribution in [3.05, 3.63) is 72.0 Å². The molecule has 0 aliphatic rings. The van der Waals surface area contributed by atoms with Crippen LogP contribution in [0.2, 0.25) is 0 Å². The van der Waals surface area contributed by atoms with E-state index in [2.05, 4.69) is 19.2 Å². The predicted molar refractivity (Wildman–Crippen MR) is 96.7 cm³/mol. The van der Waals surface area contributed by atoms with Crippen molar-refractivity contribution in [2.45, 2.75) is 32.7 Å². The monoisotopic (exact) mass is 321 g/mol. The fourth-order valence-electron chi connectivity index (χ4n) is 2.76. The van der Waals surface area contributed by atoms with Crippen molar-refractivity contribution in [2.75, 3.05) is 0 Å². The molecule has 0 bridgehead atoms. The number of fused-ring (bicyclic) bond motifs is 1. The number of carbonyl (C=O) groups is 1. The summed E-state index contributed by atoms with van der Waals surface area (Å²) in [5, 5.41) is 4.18. The highest BCUT2D eigenvalue weighted by atomic mass is 16.3. The molecule has 0 aliphatic carbocycles. The maximum atomic E-state index is 12.4. The van der Waals surface area contributed by atoms with Crippen LogP contribution in [0.25, 0.3) is 11.0 Å². The molecule has 3 heteroatoms. The third-order valence-electron chi connectivity index (χ3n) is 4.12. The molecule has 0 unspecified atom stereocenters. The summed E-state index contributed by atoms with van der Waals surface area (Å²) in [6, 6.07) is 19.6. The molecule has 1 heterocycles. The van der Waals surface area contributed by atoms with E-state index in [4.69, 9.17) is 4.42 Å². The smallest absolute Gasteiger partial charge is 0.220 e. The normalized spacial score (nSPS) is 12.5. The van der Waals surface area contributed by atoms with Crippen LogP contribution in [-0.4, -0.2) is 5.91 Å². The van der Waals surface area contributed by atoms with Crippen LogP contribution in [0, 0.1) is 5.92 Å². The molecule has 0 fully saturated rings. The summed E-state index contributed by atoms with van der Waals surface area (Å²) in [5.74, 6) is 1.33. The SMILES string of the molecule is CC(C)CCC(=O)N[C@@H](c1ccccc1)c1cc2ccccc2o1. The van der Waals surface area contributed by atoms with Gasteiger partial charge in [-0.2, -0.15) is 0 Å². The van der Waals surface area contributed by atoms with Crippen LogP contribution in [0.3, 0.4) is 0 Å². The number of hydrogen-bond acceptors (Lipinski definition) is 2. The number of carbonyl (C=O) groups excluding carboxylic acids is 1. The summed E-state index contributed by atoms with van der Waals surface area (Å²) >= 11 is 0. The van der Waals surface area contributed by atoms with Crippen LogP contribution in [0.15, 0.2) is 65.1 Å². The van der Waals surface area contributed by atoms with Crippen molar-refractivity contribution in [1.82, 2.24) is 5.32 Å². The molecule has 0 radical (unpaired) electrons. The van der Waals surface area contributed by atoms with Crippen molar-refractivity contribution >= 4 is 16.9 Å². The van der Waals surface area contributed by atoms with Gasteiger partial charge in [0, 0.05) is 11.8 Å². The highest BCUT2D eigenvalue weighted by Gasteiger charge is 2.20. The Labute approximate surface area is 142 Å². The molecule has 1 aromatic heterocycles. The summed E-state index contributed by atoms with van der Waals surface area (Å²) < 4.78 is 6.00. The van der Waals surface area contributed by atoms with Crippen molar-refractivity contribution in [3.8, 4) is 0 Å². The molecule has 24 heavy (non-hydrogen) atoms. The van der Waals surface area contributed by atoms with E-state index < -0.39 is 0 Å². The molecule has 0 saturated carbocycles. The fourth-order valence-corrected chi connectivity index (χ4v) is 2.76.